The number of rotatable bonds is 3. The molecule has 0 bridgehead atoms. The number of H-pyrrole nitrogens is 1. The lowest BCUT2D eigenvalue weighted by Gasteiger charge is -2.05. The Balaban J connectivity index is 2.43. The number of hydrogen-bond donors (Lipinski definition) is 2. The number of benzene rings is 1. The first-order valence-electron chi connectivity index (χ1n) is 5.37. The number of fused-ring (bicyclic) bond motifs is 1. The summed E-state index contributed by atoms with van der Waals surface area (Å²) in [5.74, 6) is -2.97. The Bertz CT molecular complexity index is 546. The molecule has 1 heterocycles. The summed E-state index contributed by atoms with van der Waals surface area (Å²) >= 11 is 0. The summed E-state index contributed by atoms with van der Waals surface area (Å²) in [7, 11) is 0. The second kappa shape index (κ2) is 4.41. The monoisotopic (exact) mass is 242 g/mol. The van der Waals surface area contributed by atoms with E-state index in [9.17, 15) is 13.2 Å². The lowest BCUT2D eigenvalue weighted by molar-refractivity contribution is 0.505. The Morgan fingerprint density at radius 3 is 2.53 bits per heavy atom. The van der Waals surface area contributed by atoms with E-state index < -0.39 is 17.5 Å². The molecule has 1 aromatic carbocycles. The van der Waals surface area contributed by atoms with Crippen molar-refractivity contribution in [3.05, 3.63) is 35.3 Å². The van der Waals surface area contributed by atoms with E-state index in [1.54, 1.807) is 0 Å². The molecule has 1 aromatic heterocycles. The normalized spacial score (nSPS) is 11.6. The molecule has 0 fully saturated rings. The van der Waals surface area contributed by atoms with E-state index in [0.29, 0.717) is 18.3 Å². The Hall–Kier alpha value is -1.49. The van der Waals surface area contributed by atoms with Crippen LogP contribution in [0.25, 0.3) is 10.9 Å². The summed E-state index contributed by atoms with van der Waals surface area (Å²) in [6.45, 7) is 4.37. The molecule has 2 nitrogen and oxygen atoms in total. The minimum absolute atomic E-state index is 0.00413. The van der Waals surface area contributed by atoms with Crippen molar-refractivity contribution in [2.45, 2.75) is 26.4 Å². The van der Waals surface area contributed by atoms with Crippen molar-refractivity contribution in [2.75, 3.05) is 0 Å². The number of aromatic nitrogens is 1. The third-order valence-corrected chi connectivity index (χ3v) is 2.51. The lowest BCUT2D eigenvalue weighted by atomic mass is 10.2. The van der Waals surface area contributed by atoms with E-state index in [1.807, 2.05) is 13.8 Å². The predicted octanol–water partition coefficient (Wildman–Crippen LogP) is 3.08. The number of nitrogens with one attached hydrogen (secondary N) is 2. The standard InChI is InChI=1S/C12H13F3N2/c1-6(2)16-5-7-3-8-11(15)9(13)4-10(14)12(8)17-7/h3-4,6,16-17H,5H2,1-2H3. The molecule has 0 saturated heterocycles. The Morgan fingerprint density at radius 2 is 1.88 bits per heavy atom. The molecule has 0 unspecified atom stereocenters. The van der Waals surface area contributed by atoms with Crippen molar-refractivity contribution in [3.63, 3.8) is 0 Å². The topological polar surface area (TPSA) is 27.8 Å². The van der Waals surface area contributed by atoms with Crippen molar-refractivity contribution >= 4 is 10.9 Å². The van der Waals surface area contributed by atoms with Gasteiger partial charge in [0.2, 0.25) is 0 Å². The van der Waals surface area contributed by atoms with Crippen LogP contribution in [0.5, 0.6) is 0 Å². The fourth-order valence-electron chi connectivity index (χ4n) is 1.66. The largest absolute Gasteiger partial charge is 0.355 e. The zero-order valence-electron chi connectivity index (χ0n) is 9.57. The third-order valence-electron chi connectivity index (χ3n) is 2.51. The van der Waals surface area contributed by atoms with Crippen LogP contribution < -0.4 is 5.32 Å². The van der Waals surface area contributed by atoms with Crippen LogP contribution in [0.4, 0.5) is 13.2 Å². The van der Waals surface area contributed by atoms with Crippen LogP contribution in [0.15, 0.2) is 12.1 Å². The van der Waals surface area contributed by atoms with Gasteiger partial charge in [0.15, 0.2) is 11.6 Å². The van der Waals surface area contributed by atoms with Gasteiger partial charge in [0, 0.05) is 29.7 Å². The van der Waals surface area contributed by atoms with E-state index in [1.165, 1.54) is 6.07 Å². The molecule has 0 atom stereocenters. The van der Waals surface area contributed by atoms with Gasteiger partial charge in [-0.3, -0.25) is 0 Å². The predicted molar refractivity (Wildman–Crippen MR) is 60.1 cm³/mol. The highest BCUT2D eigenvalue weighted by molar-refractivity contribution is 5.81. The van der Waals surface area contributed by atoms with E-state index in [2.05, 4.69) is 10.3 Å². The smallest absolute Gasteiger partial charge is 0.168 e. The summed E-state index contributed by atoms with van der Waals surface area (Å²) in [6.07, 6.45) is 0. The minimum Gasteiger partial charge on any atom is -0.355 e. The average Bonchev–Trinajstić information content (AvgIpc) is 2.68. The molecular weight excluding hydrogens is 229 g/mol. The first-order valence-corrected chi connectivity index (χ1v) is 5.37. The van der Waals surface area contributed by atoms with Crippen molar-refractivity contribution in [1.29, 1.82) is 0 Å². The van der Waals surface area contributed by atoms with E-state index in [4.69, 9.17) is 0 Å². The van der Waals surface area contributed by atoms with Crippen LogP contribution in [0.1, 0.15) is 19.5 Å². The minimum atomic E-state index is -1.17. The molecule has 2 aromatic rings. The van der Waals surface area contributed by atoms with Gasteiger partial charge in [0.25, 0.3) is 0 Å². The van der Waals surface area contributed by atoms with Crippen molar-refractivity contribution < 1.29 is 13.2 Å². The summed E-state index contributed by atoms with van der Waals surface area (Å²) in [5, 5.41) is 3.05. The molecule has 2 N–H and O–H groups in total. The number of hydrogen-bond acceptors (Lipinski definition) is 1. The first kappa shape index (κ1) is 12.0. The van der Waals surface area contributed by atoms with Crippen LogP contribution in [-0.4, -0.2) is 11.0 Å². The van der Waals surface area contributed by atoms with Crippen LogP contribution in [0.2, 0.25) is 0 Å². The molecule has 0 aliphatic heterocycles. The first-order chi connectivity index (χ1) is 7.99. The number of halogens is 3. The van der Waals surface area contributed by atoms with E-state index in [0.717, 1.165) is 0 Å². The third kappa shape index (κ3) is 2.29. The molecule has 5 heteroatoms. The number of aromatic amines is 1. The SMILES string of the molecule is CC(C)NCc1cc2c(F)c(F)cc(F)c2[nH]1. The average molecular weight is 242 g/mol. The summed E-state index contributed by atoms with van der Waals surface area (Å²) in [5.41, 5.74) is 0.626. The second-order valence-electron chi connectivity index (χ2n) is 4.27. The van der Waals surface area contributed by atoms with Gasteiger partial charge in [0.05, 0.1) is 5.52 Å². The van der Waals surface area contributed by atoms with E-state index >= 15 is 0 Å². The van der Waals surface area contributed by atoms with Crippen LogP contribution in [0.3, 0.4) is 0 Å². The van der Waals surface area contributed by atoms with Gasteiger partial charge in [-0.15, -0.1) is 0 Å². The second-order valence-corrected chi connectivity index (χ2v) is 4.27. The maximum atomic E-state index is 13.4. The zero-order valence-corrected chi connectivity index (χ0v) is 9.57. The Labute approximate surface area is 96.8 Å². The molecule has 0 amide bonds. The lowest BCUT2D eigenvalue weighted by Crippen LogP contribution is -2.21. The maximum Gasteiger partial charge on any atom is 0.168 e. The molecule has 0 radical (unpaired) electrons. The highest BCUT2D eigenvalue weighted by atomic mass is 19.2. The van der Waals surface area contributed by atoms with E-state index in [-0.39, 0.29) is 16.9 Å². The van der Waals surface area contributed by atoms with Gasteiger partial charge in [-0.05, 0) is 6.07 Å². The molecule has 92 valence electrons. The highest BCUT2D eigenvalue weighted by Gasteiger charge is 2.14. The molecule has 0 aliphatic rings. The van der Waals surface area contributed by atoms with Crippen LogP contribution >= 0.6 is 0 Å². The van der Waals surface area contributed by atoms with Crippen LogP contribution in [-0.2, 0) is 6.54 Å². The summed E-state index contributed by atoms with van der Waals surface area (Å²) < 4.78 is 39.8. The van der Waals surface area contributed by atoms with Gasteiger partial charge in [0.1, 0.15) is 5.82 Å². The molecule has 17 heavy (non-hydrogen) atoms. The van der Waals surface area contributed by atoms with Gasteiger partial charge in [-0.2, -0.15) is 0 Å². The Kier molecular flexibility index (Phi) is 3.11. The molecule has 2 rings (SSSR count). The fraction of sp³-hybridized carbons (Fsp3) is 0.333. The molecule has 0 aliphatic carbocycles. The summed E-state index contributed by atoms with van der Waals surface area (Å²) in [4.78, 5) is 2.74. The summed E-state index contributed by atoms with van der Waals surface area (Å²) in [6, 6.07) is 2.23. The zero-order chi connectivity index (χ0) is 12.6. The van der Waals surface area contributed by atoms with Crippen molar-refractivity contribution in [2.24, 2.45) is 0 Å². The highest BCUT2D eigenvalue weighted by Crippen LogP contribution is 2.24. The molecular formula is C12H13F3N2. The van der Waals surface area contributed by atoms with Crippen molar-refractivity contribution in [3.8, 4) is 0 Å². The van der Waals surface area contributed by atoms with Crippen molar-refractivity contribution in [1.82, 2.24) is 10.3 Å². The van der Waals surface area contributed by atoms with Gasteiger partial charge in [-0.1, -0.05) is 13.8 Å². The molecule has 0 spiro atoms. The van der Waals surface area contributed by atoms with Crippen LogP contribution in [0, 0.1) is 17.5 Å². The Morgan fingerprint density at radius 1 is 1.18 bits per heavy atom. The maximum absolute atomic E-state index is 13.4. The van der Waals surface area contributed by atoms with Gasteiger partial charge >= 0.3 is 0 Å². The fourth-order valence-corrected chi connectivity index (χ4v) is 1.66. The van der Waals surface area contributed by atoms with Gasteiger partial charge < -0.3 is 10.3 Å². The molecule has 0 saturated carbocycles. The quantitative estimate of drug-likeness (QED) is 0.795. The van der Waals surface area contributed by atoms with Gasteiger partial charge in [-0.25, -0.2) is 13.2 Å².